The summed E-state index contributed by atoms with van der Waals surface area (Å²) in [6.07, 6.45) is 1.19. The lowest BCUT2D eigenvalue weighted by molar-refractivity contribution is -0.124. The van der Waals surface area contributed by atoms with E-state index in [0.717, 1.165) is 5.56 Å². The predicted molar refractivity (Wildman–Crippen MR) is 48.4 cm³/mol. The standard InChI is InChI=1S/C8H13N3O2/c1-5-4-9-11-7(5)10-8(12)6(2)13-3/h4,6H,1-3H3,(H2,9,10,11,12). The molecule has 0 spiro atoms. The number of hydrogen-bond acceptors (Lipinski definition) is 3. The number of aryl methyl sites for hydroxylation is 1. The molecule has 0 aromatic carbocycles. The number of nitrogens with zero attached hydrogens (tertiary/aromatic N) is 1. The minimum Gasteiger partial charge on any atom is -0.372 e. The third kappa shape index (κ3) is 2.29. The van der Waals surface area contributed by atoms with E-state index in [9.17, 15) is 4.79 Å². The molecule has 0 bridgehead atoms. The second kappa shape index (κ2) is 4.04. The van der Waals surface area contributed by atoms with Crippen LogP contribution in [0.4, 0.5) is 5.82 Å². The Bertz CT molecular complexity index is 295. The van der Waals surface area contributed by atoms with Crippen LogP contribution in [0, 0.1) is 6.92 Å². The minimum atomic E-state index is -0.456. The van der Waals surface area contributed by atoms with Crippen molar-refractivity contribution in [2.24, 2.45) is 0 Å². The fourth-order valence-electron chi connectivity index (χ4n) is 0.805. The summed E-state index contributed by atoms with van der Waals surface area (Å²) in [6.45, 7) is 3.54. The number of amides is 1. The number of aromatic amines is 1. The lowest BCUT2D eigenvalue weighted by Gasteiger charge is -2.08. The zero-order chi connectivity index (χ0) is 9.84. The molecule has 5 nitrogen and oxygen atoms in total. The third-order valence-electron chi connectivity index (χ3n) is 1.80. The first-order chi connectivity index (χ1) is 6.15. The number of rotatable bonds is 3. The minimum absolute atomic E-state index is 0.185. The van der Waals surface area contributed by atoms with Gasteiger partial charge in [-0.25, -0.2) is 0 Å². The van der Waals surface area contributed by atoms with Gasteiger partial charge in [0.05, 0.1) is 6.20 Å². The monoisotopic (exact) mass is 183 g/mol. The van der Waals surface area contributed by atoms with Crippen molar-refractivity contribution < 1.29 is 9.53 Å². The SMILES string of the molecule is COC(C)C(=O)Nc1[nH]ncc1C. The van der Waals surface area contributed by atoms with Crippen molar-refractivity contribution in [3.8, 4) is 0 Å². The molecule has 0 saturated heterocycles. The van der Waals surface area contributed by atoms with Gasteiger partial charge in [-0.05, 0) is 13.8 Å². The van der Waals surface area contributed by atoms with Crippen molar-refractivity contribution in [1.82, 2.24) is 10.2 Å². The molecule has 0 aliphatic rings. The highest BCUT2D eigenvalue weighted by atomic mass is 16.5. The highest BCUT2D eigenvalue weighted by Gasteiger charge is 2.12. The Morgan fingerprint density at radius 2 is 2.46 bits per heavy atom. The number of ether oxygens (including phenoxy) is 1. The molecule has 13 heavy (non-hydrogen) atoms. The van der Waals surface area contributed by atoms with Crippen molar-refractivity contribution in [2.75, 3.05) is 12.4 Å². The maximum atomic E-state index is 11.3. The molecular weight excluding hydrogens is 170 g/mol. The van der Waals surface area contributed by atoms with Crippen LogP contribution in [-0.4, -0.2) is 29.3 Å². The van der Waals surface area contributed by atoms with Crippen LogP contribution >= 0.6 is 0 Å². The molecule has 1 rings (SSSR count). The van der Waals surface area contributed by atoms with E-state index in [0.29, 0.717) is 5.82 Å². The Labute approximate surface area is 76.5 Å². The molecule has 72 valence electrons. The van der Waals surface area contributed by atoms with Crippen molar-refractivity contribution in [3.63, 3.8) is 0 Å². The van der Waals surface area contributed by atoms with Crippen LogP contribution in [0.2, 0.25) is 0 Å². The smallest absolute Gasteiger partial charge is 0.254 e. The molecule has 5 heteroatoms. The first-order valence-corrected chi connectivity index (χ1v) is 3.98. The van der Waals surface area contributed by atoms with E-state index >= 15 is 0 Å². The van der Waals surface area contributed by atoms with E-state index in [1.807, 2.05) is 6.92 Å². The molecule has 1 amide bonds. The molecule has 1 aromatic heterocycles. The average Bonchev–Trinajstić information content (AvgIpc) is 2.50. The van der Waals surface area contributed by atoms with Crippen LogP contribution in [0.15, 0.2) is 6.20 Å². The molecule has 1 unspecified atom stereocenters. The van der Waals surface area contributed by atoms with E-state index in [1.54, 1.807) is 13.1 Å². The highest BCUT2D eigenvalue weighted by Crippen LogP contribution is 2.08. The fraction of sp³-hybridized carbons (Fsp3) is 0.500. The van der Waals surface area contributed by atoms with Crippen LogP contribution in [0.5, 0.6) is 0 Å². The first-order valence-electron chi connectivity index (χ1n) is 3.98. The molecular formula is C8H13N3O2. The summed E-state index contributed by atoms with van der Waals surface area (Å²) in [6, 6.07) is 0. The Kier molecular flexibility index (Phi) is 3.02. The number of hydrogen-bond donors (Lipinski definition) is 2. The van der Waals surface area contributed by atoms with Crippen molar-refractivity contribution in [1.29, 1.82) is 0 Å². The van der Waals surface area contributed by atoms with Gasteiger partial charge in [-0.15, -0.1) is 0 Å². The fourth-order valence-corrected chi connectivity index (χ4v) is 0.805. The van der Waals surface area contributed by atoms with Crippen LogP contribution in [0.25, 0.3) is 0 Å². The van der Waals surface area contributed by atoms with Gasteiger partial charge in [-0.2, -0.15) is 5.10 Å². The van der Waals surface area contributed by atoms with Gasteiger partial charge in [0, 0.05) is 12.7 Å². The summed E-state index contributed by atoms with van der Waals surface area (Å²) < 4.78 is 4.85. The maximum absolute atomic E-state index is 11.3. The molecule has 1 heterocycles. The van der Waals surface area contributed by atoms with Gasteiger partial charge in [0.1, 0.15) is 11.9 Å². The Hall–Kier alpha value is -1.36. The molecule has 0 radical (unpaired) electrons. The van der Waals surface area contributed by atoms with Crippen LogP contribution in [-0.2, 0) is 9.53 Å². The van der Waals surface area contributed by atoms with Crippen LogP contribution in [0.3, 0.4) is 0 Å². The summed E-state index contributed by atoms with van der Waals surface area (Å²) in [5, 5.41) is 9.12. The highest BCUT2D eigenvalue weighted by molar-refractivity contribution is 5.93. The summed E-state index contributed by atoms with van der Waals surface area (Å²) in [5.74, 6) is 0.434. The van der Waals surface area contributed by atoms with Gasteiger partial charge in [-0.1, -0.05) is 0 Å². The Morgan fingerprint density at radius 1 is 1.77 bits per heavy atom. The number of carbonyl (C=O) groups excluding carboxylic acids is 1. The van der Waals surface area contributed by atoms with Crippen molar-refractivity contribution >= 4 is 11.7 Å². The van der Waals surface area contributed by atoms with Gasteiger partial charge in [0.2, 0.25) is 0 Å². The predicted octanol–water partition coefficient (Wildman–Crippen LogP) is 0.692. The zero-order valence-electron chi connectivity index (χ0n) is 7.92. The normalized spacial score (nSPS) is 12.5. The van der Waals surface area contributed by atoms with E-state index in [4.69, 9.17) is 4.74 Å². The van der Waals surface area contributed by atoms with Gasteiger partial charge in [0.15, 0.2) is 0 Å². The lowest BCUT2D eigenvalue weighted by atomic mass is 10.3. The van der Waals surface area contributed by atoms with Crippen molar-refractivity contribution in [3.05, 3.63) is 11.8 Å². The van der Waals surface area contributed by atoms with Crippen LogP contribution in [0.1, 0.15) is 12.5 Å². The van der Waals surface area contributed by atoms with Gasteiger partial charge < -0.3 is 10.1 Å². The van der Waals surface area contributed by atoms with Crippen LogP contribution < -0.4 is 5.32 Å². The summed E-state index contributed by atoms with van der Waals surface area (Å²) in [4.78, 5) is 11.3. The molecule has 2 N–H and O–H groups in total. The molecule has 0 fully saturated rings. The number of nitrogens with one attached hydrogen (secondary N) is 2. The van der Waals surface area contributed by atoms with Gasteiger partial charge in [0.25, 0.3) is 5.91 Å². The topological polar surface area (TPSA) is 67.0 Å². The number of carbonyl (C=O) groups is 1. The molecule has 0 aliphatic carbocycles. The molecule has 1 atom stereocenters. The third-order valence-corrected chi connectivity index (χ3v) is 1.80. The number of aromatic nitrogens is 2. The average molecular weight is 183 g/mol. The maximum Gasteiger partial charge on any atom is 0.254 e. The Balaban J connectivity index is 2.60. The molecule has 1 aromatic rings. The lowest BCUT2D eigenvalue weighted by Crippen LogP contribution is -2.26. The summed E-state index contributed by atoms with van der Waals surface area (Å²) in [5.41, 5.74) is 0.900. The second-order valence-corrected chi connectivity index (χ2v) is 2.80. The molecule has 0 saturated carbocycles. The quantitative estimate of drug-likeness (QED) is 0.724. The van der Waals surface area contributed by atoms with Crippen molar-refractivity contribution in [2.45, 2.75) is 20.0 Å². The van der Waals surface area contributed by atoms with E-state index in [-0.39, 0.29) is 5.91 Å². The first kappa shape index (κ1) is 9.73. The zero-order valence-corrected chi connectivity index (χ0v) is 7.92. The van der Waals surface area contributed by atoms with E-state index in [2.05, 4.69) is 15.5 Å². The number of anilines is 1. The summed E-state index contributed by atoms with van der Waals surface area (Å²) >= 11 is 0. The summed E-state index contributed by atoms with van der Waals surface area (Å²) in [7, 11) is 1.49. The van der Waals surface area contributed by atoms with E-state index in [1.165, 1.54) is 7.11 Å². The number of methoxy groups -OCH3 is 1. The van der Waals surface area contributed by atoms with Gasteiger partial charge in [-0.3, -0.25) is 9.89 Å². The van der Waals surface area contributed by atoms with E-state index < -0.39 is 6.10 Å². The number of H-pyrrole nitrogens is 1. The van der Waals surface area contributed by atoms with Gasteiger partial charge >= 0.3 is 0 Å². The molecule has 0 aliphatic heterocycles. The Morgan fingerprint density at radius 3 is 2.92 bits per heavy atom. The largest absolute Gasteiger partial charge is 0.372 e. The second-order valence-electron chi connectivity index (χ2n) is 2.80.